The molecule has 7 nitrogen and oxygen atoms in total. The lowest BCUT2D eigenvalue weighted by Crippen LogP contribution is -2.36. The Bertz CT molecular complexity index is 634. The van der Waals surface area contributed by atoms with E-state index in [0.717, 1.165) is 37.3 Å². The molecule has 0 aliphatic carbocycles. The van der Waals surface area contributed by atoms with E-state index in [1.54, 1.807) is 18.5 Å². The zero-order valence-electron chi connectivity index (χ0n) is 13.3. The van der Waals surface area contributed by atoms with Crippen LogP contribution in [0.5, 0.6) is 0 Å². The average Bonchev–Trinajstić information content (AvgIpc) is 2.56. The number of anilines is 2. The number of rotatable bonds is 5. The number of piperidine rings is 1. The van der Waals surface area contributed by atoms with Gasteiger partial charge in [-0.3, -0.25) is 4.90 Å². The molecule has 1 fully saturated rings. The molecule has 1 unspecified atom stereocenters. The molecule has 2 aromatic rings. The van der Waals surface area contributed by atoms with E-state index in [2.05, 4.69) is 30.2 Å². The molecule has 1 atom stereocenters. The molecule has 3 heterocycles. The van der Waals surface area contributed by atoms with Gasteiger partial charge in [-0.1, -0.05) is 6.42 Å². The van der Waals surface area contributed by atoms with Crippen molar-refractivity contribution in [2.45, 2.75) is 32.2 Å². The Morgan fingerprint density at radius 1 is 1.26 bits per heavy atom. The molecule has 2 N–H and O–H groups in total. The first-order valence-corrected chi connectivity index (χ1v) is 8.01. The summed E-state index contributed by atoms with van der Waals surface area (Å²) in [5.41, 5.74) is 0.906. The molecular weight excluding hydrogens is 292 g/mol. The summed E-state index contributed by atoms with van der Waals surface area (Å²) in [6.07, 6.45) is 6.72. The van der Waals surface area contributed by atoms with E-state index in [9.17, 15) is 5.11 Å². The van der Waals surface area contributed by atoms with E-state index in [-0.39, 0.29) is 12.6 Å². The number of aliphatic hydroxyl groups excluding tert-OH is 1. The average molecular weight is 314 g/mol. The summed E-state index contributed by atoms with van der Waals surface area (Å²) >= 11 is 0. The summed E-state index contributed by atoms with van der Waals surface area (Å²) in [6.45, 7) is 3.76. The fourth-order valence-electron chi connectivity index (χ4n) is 2.96. The third-order valence-corrected chi connectivity index (χ3v) is 3.98. The van der Waals surface area contributed by atoms with Gasteiger partial charge < -0.3 is 10.4 Å². The highest BCUT2D eigenvalue weighted by Gasteiger charge is 2.26. The molecule has 0 spiro atoms. The highest BCUT2D eigenvalue weighted by atomic mass is 16.3. The Hall–Kier alpha value is -2.12. The second-order valence-corrected chi connectivity index (χ2v) is 5.72. The fraction of sp³-hybridized carbons (Fsp3) is 0.500. The summed E-state index contributed by atoms with van der Waals surface area (Å²) in [6, 6.07) is 3.82. The number of likely N-dealkylation sites (tertiary alicyclic amines) is 1. The van der Waals surface area contributed by atoms with E-state index in [4.69, 9.17) is 0 Å². The van der Waals surface area contributed by atoms with Crippen molar-refractivity contribution in [2.75, 3.05) is 25.0 Å². The van der Waals surface area contributed by atoms with Gasteiger partial charge in [0, 0.05) is 30.7 Å². The smallest absolute Gasteiger partial charge is 0.228 e. The van der Waals surface area contributed by atoms with Gasteiger partial charge in [-0.25, -0.2) is 19.9 Å². The first-order chi connectivity index (χ1) is 11.3. The molecule has 2 aromatic heterocycles. The summed E-state index contributed by atoms with van der Waals surface area (Å²) in [5, 5.41) is 12.4. The number of aromatic nitrogens is 4. The van der Waals surface area contributed by atoms with Crippen molar-refractivity contribution in [1.82, 2.24) is 24.8 Å². The molecule has 0 saturated carbocycles. The van der Waals surface area contributed by atoms with Crippen LogP contribution in [0, 0.1) is 6.92 Å². The number of hydrogen-bond acceptors (Lipinski definition) is 7. The summed E-state index contributed by atoms with van der Waals surface area (Å²) < 4.78 is 0. The van der Waals surface area contributed by atoms with Crippen molar-refractivity contribution in [3.05, 3.63) is 36.0 Å². The molecular formula is C16H22N6O. The van der Waals surface area contributed by atoms with Gasteiger partial charge in [0.15, 0.2) is 0 Å². The summed E-state index contributed by atoms with van der Waals surface area (Å²) in [4.78, 5) is 19.9. The number of nitrogens with one attached hydrogen (secondary N) is 1. The normalized spacial score (nSPS) is 18.8. The third-order valence-electron chi connectivity index (χ3n) is 3.98. The van der Waals surface area contributed by atoms with Crippen LogP contribution >= 0.6 is 0 Å². The van der Waals surface area contributed by atoms with Gasteiger partial charge in [0.2, 0.25) is 5.95 Å². The Morgan fingerprint density at radius 2 is 2.09 bits per heavy atom. The number of aliphatic hydroxyl groups is 1. The van der Waals surface area contributed by atoms with Crippen molar-refractivity contribution in [3.63, 3.8) is 0 Å². The lowest BCUT2D eigenvalue weighted by Gasteiger charge is -2.34. The third kappa shape index (κ3) is 4.00. The quantitative estimate of drug-likeness (QED) is 0.870. The van der Waals surface area contributed by atoms with E-state index in [1.807, 2.05) is 13.0 Å². The number of nitrogens with zero attached hydrogens (tertiary/aromatic N) is 5. The Kier molecular flexibility index (Phi) is 5.09. The molecule has 0 aromatic carbocycles. The number of aryl methyl sites for hydroxylation is 1. The van der Waals surface area contributed by atoms with Gasteiger partial charge in [0.05, 0.1) is 12.6 Å². The van der Waals surface area contributed by atoms with Crippen LogP contribution in [-0.4, -0.2) is 49.6 Å². The van der Waals surface area contributed by atoms with Gasteiger partial charge in [0.25, 0.3) is 0 Å². The van der Waals surface area contributed by atoms with Crippen LogP contribution in [0.1, 0.15) is 36.8 Å². The molecule has 1 saturated heterocycles. The molecule has 23 heavy (non-hydrogen) atoms. The minimum atomic E-state index is 0.158. The van der Waals surface area contributed by atoms with Gasteiger partial charge in [0.1, 0.15) is 11.6 Å². The molecule has 0 amide bonds. The van der Waals surface area contributed by atoms with Crippen molar-refractivity contribution in [3.8, 4) is 0 Å². The van der Waals surface area contributed by atoms with Crippen LogP contribution in [0.4, 0.5) is 11.8 Å². The maximum atomic E-state index is 9.28. The van der Waals surface area contributed by atoms with Crippen LogP contribution in [0.3, 0.4) is 0 Å². The maximum absolute atomic E-state index is 9.28. The first kappa shape index (κ1) is 15.8. The van der Waals surface area contributed by atoms with Crippen LogP contribution < -0.4 is 5.32 Å². The Labute approximate surface area is 135 Å². The zero-order valence-corrected chi connectivity index (χ0v) is 13.3. The standard InChI is InChI=1S/C16H22N6O/c1-12-11-14(21-16-17-6-4-7-18-16)20-15(19-12)13-5-2-3-8-22(13)9-10-23/h4,6-7,11,13,23H,2-3,5,8-10H2,1H3,(H,17,18,19,20,21). The van der Waals surface area contributed by atoms with Crippen LogP contribution in [0.15, 0.2) is 24.5 Å². The first-order valence-electron chi connectivity index (χ1n) is 8.01. The molecule has 7 heteroatoms. The van der Waals surface area contributed by atoms with Crippen LogP contribution in [0.25, 0.3) is 0 Å². The molecule has 1 aliphatic heterocycles. The van der Waals surface area contributed by atoms with E-state index < -0.39 is 0 Å². The minimum Gasteiger partial charge on any atom is -0.395 e. The summed E-state index contributed by atoms with van der Waals surface area (Å²) in [5.74, 6) is 2.03. The molecule has 122 valence electrons. The largest absolute Gasteiger partial charge is 0.395 e. The SMILES string of the molecule is Cc1cc(Nc2ncccn2)nc(C2CCCCN2CCO)n1. The summed E-state index contributed by atoms with van der Waals surface area (Å²) in [7, 11) is 0. The lowest BCUT2D eigenvalue weighted by atomic mass is 10.0. The van der Waals surface area contributed by atoms with Crippen LogP contribution in [-0.2, 0) is 0 Å². The van der Waals surface area contributed by atoms with E-state index in [1.165, 1.54) is 0 Å². The fourth-order valence-corrected chi connectivity index (χ4v) is 2.96. The zero-order chi connectivity index (χ0) is 16.1. The molecule has 0 radical (unpaired) electrons. The maximum Gasteiger partial charge on any atom is 0.228 e. The second-order valence-electron chi connectivity index (χ2n) is 5.72. The number of hydrogen-bond donors (Lipinski definition) is 2. The van der Waals surface area contributed by atoms with Gasteiger partial charge in [-0.05, 0) is 32.4 Å². The van der Waals surface area contributed by atoms with Gasteiger partial charge in [-0.15, -0.1) is 0 Å². The highest BCUT2D eigenvalue weighted by Crippen LogP contribution is 2.29. The Balaban J connectivity index is 1.84. The van der Waals surface area contributed by atoms with Gasteiger partial charge in [-0.2, -0.15) is 0 Å². The van der Waals surface area contributed by atoms with Crippen molar-refractivity contribution in [1.29, 1.82) is 0 Å². The highest BCUT2D eigenvalue weighted by molar-refractivity contribution is 5.47. The van der Waals surface area contributed by atoms with Gasteiger partial charge >= 0.3 is 0 Å². The predicted octanol–water partition coefficient (Wildman–Crippen LogP) is 1.84. The second kappa shape index (κ2) is 7.43. The lowest BCUT2D eigenvalue weighted by molar-refractivity contribution is 0.112. The predicted molar refractivity (Wildman–Crippen MR) is 87.3 cm³/mol. The van der Waals surface area contributed by atoms with Crippen molar-refractivity contribution < 1.29 is 5.11 Å². The monoisotopic (exact) mass is 314 g/mol. The van der Waals surface area contributed by atoms with E-state index >= 15 is 0 Å². The van der Waals surface area contributed by atoms with Crippen molar-refractivity contribution in [2.24, 2.45) is 0 Å². The molecule has 0 bridgehead atoms. The topological polar surface area (TPSA) is 87.1 Å². The number of β-amino-alcohol motifs (C(OH)–C–C–N with tert-alkyl or cyclic N) is 1. The molecule has 1 aliphatic rings. The minimum absolute atomic E-state index is 0.158. The van der Waals surface area contributed by atoms with Crippen LogP contribution in [0.2, 0.25) is 0 Å². The Morgan fingerprint density at radius 3 is 2.87 bits per heavy atom. The van der Waals surface area contributed by atoms with E-state index in [0.29, 0.717) is 18.3 Å². The van der Waals surface area contributed by atoms with Crippen molar-refractivity contribution >= 4 is 11.8 Å². The molecule has 3 rings (SSSR count).